The fourth-order valence-corrected chi connectivity index (χ4v) is 2.72. The molecule has 0 unspecified atom stereocenters. The van der Waals surface area contributed by atoms with Crippen LogP contribution in [0.1, 0.15) is 5.56 Å². The number of hydrogen-bond acceptors (Lipinski definition) is 3. The summed E-state index contributed by atoms with van der Waals surface area (Å²) in [6, 6.07) is 10.0. The van der Waals surface area contributed by atoms with Crippen LogP contribution in [-0.4, -0.2) is 21.3 Å². The van der Waals surface area contributed by atoms with Crippen LogP contribution in [0.2, 0.25) is 0 Å². The van der Waals surface area contributed by atoms with Crippen LogP contribution >= 0.6 is 7.94 Å². The molecule has 1 rings (SSSR count). The summed E-state index contributed by atoms with van der Waals surface area (Å²) in [5, 5.41) is 0. The fraction of sp³-hybridized carbons (Fsp3) is 0.400. The van der Waals surface area contributed by atoms with Crippen molar-refractivity contribution in [2.24, 2.45) is 0 Å². The lowest BCUT2D eigenvalue weighted by atomic mass is 10.2. The molecule has 0 saturated heterocycles. The third kappa shape index (κ3) is 4.06. The Hall–Kier alpha value is -0.180. The molecule has 0 aliphatic carbocycles. The van der Waals surface area contributed by atoms with Crippen LogP contribution in [0.3, 0.4) is 0 Å². The second-order valence-electron chi connectivity index (χ2n) is 2.80. The van der Waals surface area contributed by atoms with Crippen LogP contribution in [0.25, 0.3) is 0 Å². The molecule has 0 bridgehead atoms. The van der Waals surface area contributed by atoms with Crippen LogP contribution in [0.5, 0.6) is 0 Å². The highest BCUT2D eigenvalue weighted by atomic mass is 35.5. The molecule has 0 aromatic heterocycles. The number of halogens is 1. The van der Waals surface area contributed by atoms with E-state index in [-0.39, 0.29) is 12.4 Å². The van der Waals surface area contributed by atoms with E-state index in [0.717, 1.165) is 5.56 Å². The smallest absolute Gasteiger partial charge is 0.415 e. The van der Waals surface area contributed by atoms with Crippen molar-refractivity contribution in [2.45, 2.75) is 6.16 Å². The van der Waals surface area contributed by atoms with Gasteiger partial charge in [0.2, 0.25) is 0 Å². The summed E-state index contributed by atoms with van der Waals surface area (Å²) >= 11 is 0. The van der Waals surface area contributed by atoms with Crippen molar-refractivity contribution in [1.29, 1.82) is 0 Å². The lowest BCUT2D eigenvalue weighted by Crippen LogP contribution is -3.00. The zero-order chi connectivity index (χ0) is 10.4. The standard InChI is InChI=1S/C10H16O3P.ClH/c1-11-14(12-2,13-3)9-10-7-5-4-6-8-10;/h4-8H,9H2,1-3H3;1H/q+1;/p-1. The van der Waals surface area contributed by atoms with Gasteiger partial charge < -0.3 is 12.4 Å². The van der Waals surface area contributed by atoms with Gasteiger partial charge in [0.25, 0.3) is 0 Å². The third-order valence-corrected chi connectivity index (χ3v) is 4.48. The molecule has 86 valence electrons. The largest absolute Gasteiger partial charge is 1.00 e. The third-order valence-electron chi connectivity index (χ3n) is 2.05. The van der Waals surface area contributed by atoms with Crippen molar-refractivity contribution in [3.05, 3.63) is 35.9 Å². The summed E-state index contributed by atoms with van der Waals surface area (Å²) in [6.45, 7) is 0. The van der Waals surface area contributed by atoms with Gasteiger partial charge in [0.05, 0.1) is 21.3 Å². The molecule has 0 amide bonds. The van der Waals surface area contributed by atoms with E-state index >= 15 is 0 Å². The van der Waals surface area contributed by atoms with Crippen LogP contribution in [0.4, 0.5) is 0 Å². The molecule has 3 nitrogen and oxygen atoms in total. The Morgan fingerprint density at radius 2 is 1.40 bits per heavy atom. The van der Waals surface area contributed by atoms with E-state index in [2.05, 4.69) is 0 Å². The average molecular weight is 251 g/mol. The average Bonchev–Trinajstić information content (AvgIpc) is 2.28. The van der Waals surface area contributed by atoms with E-state index in [1.807, 2.05) is 30.3 Å². The fourth-order valence-electron chi connectivity index (χ4n) is 1.22. The zero-order valence-electron chi connectivity index (χ0n) is 9.14. The Balaban J connectivity index is 0.00000196. The first-order chi connectivity index (χ1) is 6.76. The summed E-state index contributed by atoms with van der Waals surface area (Å²) in [5.74, 6) is 0. The van der Waals surface area contributed by atoms with E-state index in [9.17, 15) is 0 Å². The summed E-state index contributed by atoms with van der Waals surface area (Å²) in [4.78, 5) is 0. The minimum atomic E-state index is -2.16. The first kappa shape index (κ1) is 14.8. The van der Waals surface area contributed by atoms with Crippen molar-refractivity contribution in [2.75, 3.05) is 21.3 Å². The van der Waals surface area contributed by atoms with Crippen molar-refractivity contribution in [3.8, 4) is 0 Å². The van der Waals surface area contributed by atoms with Gasteiger partial charge in [-0.3, -0.25) is 0 Å². The summed E-state index contributed by atoms with van der Waals surface area (Å²) < 4.78 is 15.9. The van der Waals surface area contributed by atoms with Crippen molar-refractivity contribution >= 4 is 7.94 Å². The number of rotatable bonds is 5. The van der Waals surface area contributed by atoms with Crippen LogP contribution in [0.15, 0.2) is 30.3 Å². The highest BCUT2D eigenvalue weighted by Gasteiger charge is 2.41. The van der Waals surface area contributed by atoms with E-state index in [4.69, 9.17) is 13.6 Å². The van der Waals surface area contributed by atoms with E-state index in [0.29, 0.717) is 6.16 Å². The molecule has 0 spiro atoms. The van der Waals surface area contributed by atoms with Gasteiger partial charge in [0, 0.05) is 0 Å². The molecule has 5 heteroatoms. The Bertz CT molecular complexity index is 256. The number of hydrogen-bond donors (Lipinski definition) is 0. The van der Waals surface area contributed by atoms with Gasteiger partial charge in [-0.25, -0.2) is 0 Å². The van der Waals surface area contributed by atoms with E-state index in [1.165, 1.54) is 0 Å². The minimum absolute atomic E-state index is 0. The predicted molar refractivity (Wildman–Crippen MR) is 58.1 cm³/mol. The molecular formula is C10H16ClO3P. The maximum absolute atomic E-state index is 5.31. The summed E-state index contributed by atoms with van der Waals surface area (Å²) in [7, 11) is 2.68. The quantitative estimate of drug-likeness (QED) is 0.683. The molecule has 1 aromatic carbocycles. The summed E-state index contributed by atoms with van der Waals surface area (Å²) in [5.41, 5.74) is 1.16. The van der Waals surface area contributed by atoms with Gasteiger partial charge in [-0.05, 0) is 5.56 Å². The molecule has 1 aromatic rings. The SMILES string of the molecule is CO[P+](Cc1ccccc1)(OC)OC.[Cl-]. The maximum atomic E-state index is 5.31. The van der Waals surface area contributed by atoms with Gasteiger partial charge in [-0.2, -0.15) is 13.6 Å². The van der Waals surface area contributed by atoms with Crippen molar-refractivity contribution in [3.63, 3.8) is 0 Å². The molecule has 0 radical (unpaired) electrons. The molecule has 0 atom stereocenters. The van der Waals surface area contributed by atoms with Gasteiger partial charge >= 0.3 is 7.94 Å². The molecule has 0 N–H and O–H groups in total. The van der Waals surface area contributed by atoms with E-state index < -0.39 is 7.94 Å². The Labute approximate surface area is 97.7 Å². The second kappa shape index (κ2) is 7.15. The van der Waals surface area contributed by atoms with Gasteiger partial charge in [-0.15, -0.1) is 0 Å². The highest BCUT2D eigenvalue weighted by molar-refractivity contribution is 7.60. The Morgan fingerprint density at radius 1 is 0.933 bits per heavy atom. The Morgan fingerprint density at radius 3 is 1.80 bits per heavy atom. The zero-order valence-corrected chi connectivity index (χ0v) is 10.8. The molecule has 0 saturated carbocycles. The predicted octanol–water partition coefficient (Wildman–Crippen LogP) is -0.108. The highest BCUT2D eigenvalue weighted by Crippen LogP contribution is 2.62. The van der Waals surface area contributed by atoms with Crippen molar-refractivity contribution < 1.29 is 26.0 Å². The van der Waals surface area contributed by atoms with Crippen molar-refractivity contribution in [1.82, 2.24) is 0 Å². The van der Waals surface area contributed by atoms with Crippen LogP contribution in [0, 0.1) is 0 Å². The molecule has 0 aliphatic heterocycles. The van der Waals surface area contributed by atoms with Gasteiger partial charge in [-0.1, -0.05) is 30.3 Å². The monoisotopic (exact) mass is 250 g/mol. The van der Waals surface area contributed by atoms with Crippen LogP contribution < -0.4 is 12.4 Å². The lowest BCUT2D eigenvalue weighted by Gasteiger charge is -2.16. The normalized spacial score (nSPS) is 10.9. The first-order valence-electron chi connectivity index (χ1n) is 4.35. The summed E-state index contributed by atoms with van der Waals surface area (Å²) in [6.07, 6.45) is 0.678. The minimum Gasteiger partial charge on any atom is -1.00 e. The molecule has 0 heterocycles. The Kier molecular flexibility index (Phi) is 7.07. The lowest BCUT2D eigenvalue weighted by molar-refractivity contribution is -0.00000601. The maximum Gasteiger partial charge on any atom is 0.415 e. The topological polar surface area (TPSA) is 27.7 Å². The van der Waals surface area contributed by atoms with Crippen LogP contribution in [-0.2, 0) is 19.7 Å². The first-order valence-corrected chi connectivity index (χ1v) is 6.08. The molecule has 0 aliphatic rings. The molecular weight excluding hydrogens is 235 g/mol. The molecule has 15 heavy (non-hydrogen) atoms. The second-order valence-corrected chi connectivity index (χ2v) is 5.44. The number of benzene rings is 1. The molecule has 0 fully saturated rings. The van der Waals surface area contributed by atoms with Gasteiger partial charge in [0.15, 0.2) is 6.16 Å². The van der Waals surface area contributed by atoms with Gasteiger partial charge in [0.1, 0.15) is 0 Å². The van der Waals surface area contributed by atoms with E-state index in [1.54, 1.807) is 21.3 Å².